The fourth-order valence-electron chi connectivity index (χ4n) is 4.50. The van der Waals surface area contributed by atoms with Crippen molar-refractivity contribution in [3.8, 4) is 0 Å². The zero-order valence-corrected chi connectivity index (χ0v) is 27.8. The predicted octanol–water partition coefficient (Wildman–Crippen LogP) is 5.64. The van der Waals surface area contributed by atoms with Crippen LogP contribution in [0.1, 0.15) is 36.1 Å². The highest BCUT2D eigenvalue weighted by molar-refractivity contribution is 7.90. The van der Waals surface area contributed by atoms with Crippen LogP contribution in [0.4, 0.5) is 5.69 Å². The molecule has 0 aliphatic carbocycles. The Hall–Kier alpha value is -3.11. The lowest BCUT2D eigenvalue weighted by molar-refractivity contribution is -0.140. The number of anilines is 1. The lowest BCUT2D eigenvalue weighted by Crippen LogP contribution is -2.54. The molecule has 0 spiro atoms. The summed E-state index contributed by atoms with van der Waals surface area (Å²) in [4.78, 5) is 29.6. The second-order valence-corrected chi connectivity index (χ2v) is 14.1. The Kier molecular flexibility index (Phi) is 12.0. The summed E-state index contributed by atoms with van der Waals surface area (Å²) >= 11 is 12.5. The number of hydrogen-bond acceptors (Lipinski definition) is 4. The van der Waals surface area contributed by atoms with Crippen LogP contribution in [0.25, 0.3) is 0 Å². The number of amides is 2. The maximum absolute atomic E-state index is 14.4. The van der Waals surface area contributed by atoms with Crippen molar-refractivity contribution in [3.05, 3.63) is 99.0 Å². The Morgan fingerprint density at radius 2 is 1.56 bits per heavy atom. The van der Waals surface area contributed by atoms with Crippen molar-refractivity contribution in [2.75, 3.05) is 31.5 Å². The summed E-state index contributed by atoms with van der Waals surface area (Å²) in [7, 11) is -1.25. The Morgan fingerprint density at radius 3 is 2.16 bits per heavy atom. The van der Waals surface area contributed by atoms with Crippen molar-refractivity contribution in [1.82, 2.24) is 14.5 Å². The van der Waals surface area contributed by atoms with E-state index < -0.39 is 28.7 Å². The number of aryl methyl sites for hydroxylation is 2. The molecule has 0 unspecified atom stereocenters. The van der Waals surface area contributed by atoms with E-state index in [0.717, 1.165) is 19.7 Å². The van der Waals surface area contributed by atoms with E-state index in [1.54, 1.807) is 31.2 Å². The van der Waals surface area contributed by atoms with Crippen molar-refractivity contribution >= 4 is 50.9 Å². The summed E-state index contributed by atoms with van der Waals surface area (Å²) in [6.45, 7) is 7.53. The second kappa shape index (κ2) is 15.1. The summed E-state index contributed by atoms with van der Waals surface area (Å²) in [5.74, 6) is -0.691. The van der Waals surface area contributed by atoms with E-state index in [4.69, 9.17) is 23.2 Å². The standard InChI is InChI=1S/C32H40Cl2N4O4S/c1-22(2)19-35-32(40)30(18-25-10-8-7-9-11-25)37(20-26-14-15-27(33)28(34)17-26)31(39)21-38(43(41,42)36(5)6)29-16-23(3)12-13-24(29)4/h7-17,22,30H,18-21H2,1-6H3,(H,35,40)/t30-/m0/s1. The van der Waals surface area contributed by atoms with E-state index in [2.05, 4.69) is 5.32 Å². The first kappa shape index (κ1) is 34.4. The molecule has 0 aromatic heterocycles. The molecule has 3 aromatic carbocycles. The highest BCUT2D eigenvalue weighted by Gasteiger charge is 2.35. The van der Waals surface area contributed by atoms with Gasteiger partial charge in [-0.1, -0.05) is 85.6 Å². The van der Waals surface area contributed by atoms with Gasteiger partial charge in [0, 0.05) is 33.6 Å². The molecule has 1 N–H and O–H groups in total. The molecule has 0 heterocycles. The zero-order chi connectivity index (χ0) is 31.9. The monoisotopic (exact) mass is 646 g/mol. The topological polar surface area (TPSA) is 90.0 Å². The Morgan fingerprint density at radius 1 is 0.884 bits per heavy atom. The summed E-state index contributed by atoms with van der Waals surface area (Å²) in [5.41, 5.74) is 3.42. The maximum Gasteiger partial charge on any atom is 0.304 e. The number of benzene rings is 3. The lowest BCUT2D eigenvalue weighted by Gasteiger charge is -2.35. The van der Waals surface area contributed by atoms with Crippen LogP contribution in [-0.2, 0) is 32.8 Å². The van der Waals surface area contributed by atoms with Gasteiger partial charge in [0.25, 0.3) is 0 Å². The molecule has 8 nitrogen and oxygen atoms in total. The summed E-state index contributed by atoms with van der Waals surface area (Å²) in [5, 5.41) is 3.64. The molecule has 0 radical (unpaired) electrons. The molecule has 3 rings (SSSR count). The molecule has 0 bridgehead atoms. The van der Waals surface area contributed by atoms with Gasteiger partial charge in [0.1, 0.15) is 12.6 Å². The average molecular weight is 648 g/mol. The van der Waals surface area contributed by atoms with E-state index in [9.17, 15) is 18.0 Å². The van der Waals surface area contributed by atoms with E-state index >= 15 is 0 Å². The molecule has 43 heavy (non-hydrogen) atoms. The molecule has 0 saturated carbocycles. The van der Waals surface area contributed by atoms with Gasteiger partial charge in [0.2, 0.25) is 11.8 Å². The van der Waals surface area contributed by atoms with Gasteiger partial charge in [0.15, 0.2) is 0 Å². The number of nitrogens with one attached hydrogen (secondary N) is 1. The van der Waals surface area contributed by atoms with Crippen LogP contribution in [0.15, 0.2) is 66.7 Å². The van der Waals surface area contributed by atoms with Gasteiger partial charge in [-0.2, -0.15) is 12.7 Å². The number of rotatable bonds is 13. The van der Waals surface area contributed by atoms with E-state index in [0.29, 0.717) is 33.4 Å². The van der Waals surface area contributed by atoms with Gasteiger partial charge in [-0.15, -0.1) is 0 Å². The average Bonchev–Trinajstić information content (AvgIpc) is 2.95. The highest BCUT2D eigenvalue weighted by atomic mass is 35.5. The smallest absolute Gasteiger partial charge is 0.304 e. The first-order valence-corrected chi connectivity index (χ1v) is 16.2. The van der Waals surface area contributed by atoms with Gasteiger partial charge < -0.3 is 10.2 Å². The maximum atomic E-state index is 14.4. The fourth-order valence-corrected chi connectivity index (χ4v) is 5.93. The molecule has 2 amide bonds. The number of carbonyl (C=O) groups is 2. The molecular weight excluding hydrogens is 607 g/mol. The van der Waals surface area contributed by atoms with Crippen LogP contribution in [0.3, 0.4) is 0 Å². The second-order valence-electron chi connectivity index (χ2n) is 11.2. The summed E-state index contributed by atoms with van der Waals surface area (Å²) in [6, 6.07) is 18.9. The first-order chi connectivity index (χ1) is 20.2. The molecule has 0 aliphatic rings. The van der Waals surface area contributed by atoms with Crippen molar-refractivity contribution in [1.29, 1.82) is 0 Å². The SMILES string of the molecule is Cc1ccc(C)c(N(CC(=O)N(Cc2ccc(Cl)c(Cl)c2)[C@@H](Cc2ccccc2)C(=O)NCC(C)C)S(=O)(=O)N(C)C)c1. The third-order valence-corrected chi connectivity index (χ3v) is 9.49. The Balaban J connectivity index is 2.14. The summed E-state index contributed by atoms with van der Waals surface area (Å²) < 4.78 is 29.4. The van der Waals surface area contributed by atoms with Crippen LogP contribution in [0.5, 0.6) is 0 Å². The molecule has 232 valence electrons. The van der Waals surface area contributed by atoms with Gasteiger partial charge in [-0.3, -0.25) is 9.59 Å². The van der Waals surface area contributed by atoms with Crippen LogP contribution < -0.4 is 9.62 Å². The highest BCUT2D eigenvalue weighted by Crippen LogP contribution is 2.27. The van der Waals surface area contributed by atoms with E-state index in [1.165, 1.54) is 19.0 Å². The molecule has 3 aromatic rings. The number of halogens is 2. The fraction of sp³-hybridized carbons (Fsp3) is 0.375. The Labute approximate surface area is 265 Å². The molecular formula is C32H40Cl2N4O4S. The number of carbonyl (C=O) groups excluding carboxylic acids is 2. The van der Waals surface area contributed by atoms with Crippen molar-refractivity contribution in [3.63, 3.8) is 0 Å². The quantitative estimate of drug-likeness (QED) is 0.260. The third kappa shape index (κ3) is 9.19. The van der Waals surface area contributed by atoms with Gasteiger partial charge in [-0.25, -0.2) is 4.31 Å². The normalized spacial score (nSPS) is 12.3. The minimum Gasteiger partial charge on any atom is -0.354 e. The minimum absolute atomic E-state index is 0.00493. The lowest BCUT2D eigenvalue weighted by atomic mass is 10.0. The van der Waals surface area contributed by atoms with Crippen molar-refractivity contribution < 1.29 is 18.0 Å². The van der Waals surface area contributed by atoms with Crippen LogP contribution in [0.2, 0.25) is 10.0 Å². The molecule has 0 fully saturated rings. The number of nitrogens with zero attached hydrogens (tertiary/aromatic N) is 3. The largest absolute Gasteiger partial charge is 0.354 e. The van der Waals surface area contributed by atoms with Crippen LogP contribution in [0, 0.1) is 19.8 Å². The van der Waals surface area contributed by atoms with Gasteiger partial charge in [0.05, 0.1) is 15.7 Å². The first-order valence-electron chi connectivity index (χ1n) is 14.0. The van der Waals surface area contributed by atoms with Gasteiger partial charge in [-0.05, 0) is 60.2 Å². The molecule has 0 saturated heterocycles. The van der Waals surface area contributed by atoms with Crippen LogP contribution in [-0.4, -0.2) is 62.7 Å². The Bertz CT molecular complexity index is 1530. The summed E-state index contributed by atoms with van der Waals surface area (Å²) in [6.07, 6.45) is 0.224. The van der Waals surface area contributed by atoms with Crippen molar-refractivity contribution in [2.45, 2.75) is 46.7 Å². The van der Waals surface area contributed by atoms with Crippen LogP contribution >= 0.6 is 23.2 Å². The van der Waals surface area contributed by atoms with E-state index in [-0.39, 0.29) is 24.8 Å². The molecule has 0 aliphatic heterocycles. The molecule has 1 atom stereocenters. The van der Waals surface area contributed by atoms with Crippen molar-refractivity contribution in [2.24, 2.45) is 5.92 Å². The van der Waals surface area contributed by atoms with E-state index in [1.807, 2.05) is 63.2 Å². The number of hydrogen-bond donors (Lipinski definition) is 1. The predicted molar refractivity (Wildman–Crippen MR) is 175 cm³/mol. The zero-order valence-electron chi connectivity index (χ0n) is 25.5. The van der Waals surface area contributed by atoms with Gasteiger partial charge >= 0.3 is 10.2 Å². The molecule has 11 heteroatoms. The minimum atomic E-state index is -4.09. The third-order valence-electron chi connectivity index (χ3n) is 6.94.